The van der Waals surface area contributed by atoms with Gasteiger partial charge in [0.05, 0.1) is 13.0 Å². The summed E-state index contributed by atoms with van der Waals surface area (Å²) in [5.74, 6) is -2.25. The van der Waals surface area contributed by atoms with Crippen LogP contribution in [-0.2, 0) is 20.7 Å². The van der Waals surface area contributed by atoms with Crippen LogP contribution in [0.5, 0.6) is 5.75 Å². The smallest absolute Gasteiger partial charge is 0.491 e. The van der Waals surface area contributed by atoms with E-state index in [9.17, 15) is 22.8 Å². The Hall–Kier alpha value is -2.09. The van der Waals surface area contributed by atoms with Gasteiger partial charge in [0.2, 0.25) is 0 Å². The first-order valence-electron chi connectivity index (χ1n) is 10.5. The molecule has 170 valence electrons. The monoisotopic (exact) mass is 431 g/mol. The molecule has 0 heterocycles. The summed E-state index contributed by atoms with van der Waals surface area (Å²) < 4.78 is 45.7. The third kappa shape index (κ3) is 11.2. The van der Waals surface area contributed by atoms with E-state index in [1.54, 1.807) is 0 Å². The van der Waals surface area contributed by atoms with Crippen LogP contribution >= 0.6 is 0 Å². The number of benzene rings is 1. The number of carbonyl (C=O) groups is 2. The number of hydrogen-bond donors (Lipinski definition) is 1. The number of carbonyl (C=O) groups excluding carboxylic acids is 2. The number of alkyl halides is 3. The Labute approximate surface area is 176 Å². The molecule has 30 heavy (non-hydrogen) atoms. The molecule has 0 bridgehead atoms. The Balaban J connectivity index is 2.25. The minimum atomic E-state index is -5.16. The topological polar surface area (TPSA) is 64.6 Å². The normalized spacial score (nSPS) is 11.5. The summed E-state index contributed by atoms with van der Waals surface area (Å²) in [6.45, 7) is 5.81. The maximum atomic E-state index is 12.0. The summed E-state index contributed by atoms with van der Waals surface area (Å²) in [4.78, 5) is 21.7. The number of aryl methyl sites for hydroxylation is 1. The number of nitrogens with one attached hydrogen (secondary N) is 1. The lowest BCUT2D eigenvalue weighted by molar-refractivity contribution is -0.201. The van der Waals surface area contributed by atoms with Gasteiger partial charge in [-0.05, 0) is 55.8 Å². The maximum absolute atomic E-state index is 12.0. The minimum Gasteiger partial charge on any atom is -0.493 e. The zero-order valence-electron chi connectivity index (χ0n) is 17.7. The summed E-state index contributed by atoms with van der Waals surface area (Å²) >= 11 is 0. The van der Waals surface area contributed by atoms with Crippen molar-refractivity contribution in [1.29, 1.82) is 0 Å². The van der Waals surface area contributed by atoms with Gasteiger partial charge in [-0.2, -0.15) is 13.2 Å². The second kappa shape index (κ2) is 14.0. The van der Waals surface area contributed by atoms with Gasteiger partial charge in [0, 0.05) is 6.54 Å². The number of esters is 2. The van der Waals surface area contributed by atoms with Crippen LogP contribution in [-0.4, -0.2) is 37.8 Å². The highest BCUT2D eigenvalue weighted by molar-refractivity contribution is 5.88. The van der Waals surface area contributed by atoms with E-state index >= 15 is 0 Å². The van der Waals surface area contributed by atoms with E-state index < -0.39 is 18.1 Å². The van der Waals surface area contributed by atoms with Crippen molar-refractivity contribution in [3.8, 4) is 5.75 Å². The van der Waals surface area contributed by atoms with Crippen molar-refractivity contribution < 1.29 is 32.2 Å². The Morgan fingerprint density at radius 3 is 2.43 bits per heavy atom. The summed E-state index contributed by atoms with van der Waals surface area (Å²) in [7, 11) is 0. The van der Waals surface area contributed by atoms with Gasteiger partial charge in [-0.15, -0.1) is 0 Å². The van der Waals surface area contributed by atoms with Crippen molar-refractivity contribution in [3.05, 3.63) is 29.8 Å². The lowest BCUT2D eigenvalue weighted by Gasteiger charge is -2.16. The fourth-order valence-electron chi connectivity index (χ4n) is 3.08. The second-order valence-corrected chi connectivity index (χ2v) is 7.26. The van der Waals surface area contributed by atoms with E-state index in [0.717, 1.165) is 56.4 Å². The van der Waals surface area contributed by atoms with E-state index in [-0.39, 0.29) is 13.0 Å². The standard InChI is InChI=1S/C22H32F3NO4/c1-3-7-18(8-4-2)16-29-19-11-5-9-17(15-19)10-6-13-26-14-12-20(27)30-21(28)22(23,24)25/h5,9,11,15,18,26H,3-4,6-8,10,12-14,16H2,1-2H3. The third-order valence-electron chi connectivity index (χ3n) is 4.54. The minimum absolute atomic E-state index is 0.142. The Bertz CT molecular complexity index is 644. The molecule has 0 aliphatic heterocycles. The van der Waals surface area contributed by atoms with Gasteiger partial charge in [0.15, 0.2) is 0 Å². The average Bonchev–Trinajstić information content (AvgIpc) is 2.68. The van der Waals surface area contributed by atoms with Gasteiger partial charge in [-0.3, -0.25) is 4.79 Å². The Kier molecular flexibility index (Phi) is 12.1. The van der Waals surface area contributed by atoms with Gasteiger partial charge in [0.1, 0.15) is 5.75 Å². The Morgan fingerprint density at radius 2 is 1.80 bits per heavy atom. The molecule has 0 aliphatic rings. The second-order valence-electron chi connectivity index (χ2n) is 7.26. The molecule has 1 rings (SSSR count). The number of ether oxygens (including phenoxy) is 2. The molecule has 0 unspecified atom stereocenters. The molecule has 0 radical (unpaired) electrons. The van der Waals surface area contributed by atoms with Crippen LogP contribution in [0.3, 0.4) is 0 Å². The molecule has 0 aromatic heterocycles. The molecule has 0 aliphatic carbocycles. The van der Waals surface area contributed by atoms with Crippen molar-refractivity contribution in [1.82, 2.24) is 5.32 Å². The molecule has 1 aromatic rings. The molecular formula is C22H32F3NO4. The van der Waals surface area contributed by atoms with E-state index in [4.69, 9.17) is 4.74 Å². The van der Waals surface area contributed by atoms with Gasteiger partial charge in [0.25, 0.3) is 0 Å². The van der Waals surface area contributed by atoms with Crippen molar-refractivity contribution in [2.75, 3.05) is 19.7 Å². The first-order valence-corrected chi connectivity index (χ1v) is 10.5. The molecular weight excluding hydrogens is 399 g/mol. The highest BCUT2D eigenvalue weighted by Crippen LogP contribution is 2.19. The average molecular weight is 431 g/mol. The summed E-state index contributed by atoms with van der Waals surface area (Å²) in [6, 6.07) is 7.95. The van der Waals surface area contributed by atoms with Crippen molar-refractivity contribution >= 4 is 11.9 Å². The predicted molar refractivity (Wildman–Crippen MR) is 108 cm³/mol. The quantitative estimate of drug-likeness (QED) is 0.260. The third-order valence-corrected chi connectivity index (χ3v) is 4.54. The molecule has 0 atom stereocenters. The zero-order valence-corrected chi connectivity index (χ0v) is 17.7. The van der Waals surface area contributed by atoms with Gasteiger partial charge in [-0.25, -0.2) is 4.79 Å². The fourth-order valence-corrected chi connectivity index (χ4v) is 3.08. The molecule has 1 aromatic carbocycles. The molecule has 8 heteroatoms. The highest BCUT2D eigenvalue weighted by atomic mass is 19.4. The van der Waals surface area contributed by atoms with Crippen LogP contribution in [0.4, 0.5) is 13.2 Å². The SMILES string of the molecule is CCCC(CCC)COc1cccc(CCCNCCC(=O)OC(=O)C(F)(F)F)c1. The molecule has 0 saturated heterocycles. The van der Waals surface area contributed by atoms with Crippen LogP contribution in [0, 0.1) is 5.92 Å². The summed E-state index contributed by atoms with van der Waals surface area (Å²) in [5.41, 5.74) is 1.13. The maximum Gasteiger partial charge on any atom is 0.491 e. The van der Waals surface area contributed by atoms with Crippen molar-refractivity contribution in [2.45, 2.75) is 65.0 Å². The van der Waals surface area contributed by atoms with E-state index in [1.165, 1.54) is 0 Å². The predicted octanol–water partition coefficient (Wildman–Crippen LogP) is 4.83. The van der Waals surface area contributed by atoms with Crippen LogP contribution in [0.2, 0.25) is 0 Å². The van der Waals surface area contributed by atoms with E-state index in [0.29, 0.717) is 12.5 Å². The summed E-state index contributed by atoms with van der Waals surface area (Å²) in [6.07, 6.45) is 0.752. The van der Waals surface area contributed by atoms with Gasteiger partial charge in [-0.1, -0.05) is 38.8 Å². The number of halogens is 3. The molecule has 0 spiro atoms. The van der Waals surface area contributed by atoms with Crippen LogP contribution < -0.4 is 10.1 Å². The molecule has 1 N–H and O–H groups in total. The molecule has 0 amide bonds. The van der Waals surface area contributed by atoms with Crippen molar-refractivity contribution in [3.63, 3.8) is 0 Å². The Morgan fingerprint density at radius 1 is 1.10 bits per heavy atom. The molecule has 0 fully saturated rings. The first kappa shape index (κ1) is 25.9. The van der Waals surface area contributed by atoms with Gasteiger partial charge < -0.3 is 14.8 Å². The van der Waals surface area contributed by atoms with Gasteiger partial charge >= 0.3 is 18.1 Å². The van der Waals surface area contributed by atoms with Crippen LogP contribution in [0.25, 0.3) is 0 Å². The lowest BCUT2D eigenvalue weighted by Crippen LogP contribution is -2.29. The first-order chi connectivity index (χ1) is 14.3. The van der Waals surface area contributed by atoms with Crippen LogP contribution in [0.1, 0.15) is 57.9 Å². The number of hydrogen-bond acceptors (Lipinski definition) is 5. The zero-order chi connectivity index (χ0) is 22.4. The van der Waals surface area contributed by atoms with Crippen LogP contribution in [0.15, 0.2) is 24.3 Å². The van der Waals surface area contributed by atoms with Crippen molar-refractivity contribution in [2.24, 2.45) is 5.92 Å². The largest absolute Gasteiger partial charge is 0.493 e. The fraction of sp³-hybridized carbons (Fsp3) is 0.636. The van der Waals surface area contributed by atoms with E-state index in [1.807, 2.05) is 24.3 Å². The van der Waals surface area contributed by atoms with E-state index in [2.05, 4.69) is 23.9 Å². The molecule has 5 nitrogen and oxygen atoms in total. The highest BCUT2D eigenvalue weighted by Gasteiger charge is 2.42. The summed E-state index contributed by atoms with van der Waals surface area (Å²) in [5, 5.41) is 2.96. The number of rotatable bonds is 14. The lowest BCUT2D eigenvalue weighted by atomic mass is 9.99. The molecule has 0 saturated carbocycles.